The molecule has 1 aromatic heterocycles. The molecule has 0 aliphatic heterocycles. The van der Waals surface area contributed by atoms with Crippen molar-refractivity contribution in [1.82, 2.24) is 14.8 Å². The van der Waals surface area contributed by atoms with Crippen molar-refractivity contribution in [3.63, 3.8) is 0 Å². The Hall–Kier alpha value is -1.75. The van der Waals surface area contributed by atoms with Crippen molar-refractivity contribution in [3.8, 4) is 0 Å². The van der Waals surface area contributed by atoms with Gasteiger partial charge in [0.25, 0.3) is 0 Å². The van der Waals surface area contributed by atoms with E-state index in [0.29, 0.717) is 5.82 Å². The molecule has 2 atom stereocenters. The highest BCUT2D eigenvalue weighted by Gasteiger charge is 2.23. The summed E-state index contributed by atoms with van der Waals surface area (Å²) in [7, 11) is 0. The topological polar surface area (TPSA) is 56.7 Å². The predicted molar refractivity (Wildman–Crippen MR) is 72.3 cm³/mol. The molecule has 4 nitrogen and oxygen atoms in total. The van der Waals surface area contributed by atoms with Crippen molar-refractivity contribution in [1.29, 1.82) is 0 Å². The Balaban J connectivity index is 2.50. The molecule has 0 aliphatic rings. The zero-order chi connectivity index (χ0) is 14.0. The van der Waals surface area contributed by atoms with Gasteiger partial charge in [0.2, 0.25) is 0 Å². The Labute approximate surface area is 112 Å². The van der Waals surface area contributed by atoms with E-state index in [-0.39, 0.29) is 17.9 Å². The van der Waals surface area contributed by atoms with Crippen LogP contribution in [0.5, 0.6) is 0 Å². The summed E-state index contributed by atoms with van der Waals surface area (Å²) >= 11 is 0. The maximum Gasteiger partial charge on any atom is 0.147 e. The molecule has 2 unspecified atom stereocenters. The van der Waals surface area contributed by atoms with E-state index >= 15 is 0 Å². The molecule has 0 amide bonds. The van der Waals surface area contributed by atoms with Gasteiger partial charge < -0.3 is 5.73 Å². The van der Waals surface area contributed by atoms with Crippen LogP contribution in [0.1, 0.15) is 36.6 Å². The van der Waals surface area contributed by atoms with E-state index in [0.717, 1.165) is 17.8 Å². The van der Waals surface area contributed by atoms with Crippen LogP contribution in [0.15, 0.2) is 24.3 Å². The quantitative estimate of drug-likeness (QED) is 0.920. The molecule has 2 aromatic rings. The molecule has 0 saturated carbocycles. The van der Waals surface area contributed by atoms with Crippen LogP contribution in [0, 0.1) is 19.7 Å². The molecular weight excluding hydrogens is 243 g/mol. The number of nitrogens with zero attached hydrogens (tertiary/aromatic N) is 3. The smallest absolute Gasteiger partial charge is 0.147 e. The Morgan fingerprint density at radius 3 is 2.63 bits per heavy atom. The first kappa shape index (κ1) is 13.7. The molecule has 5 heteroatoms. The standard InChI is InChI=1S/C14H19FN4/c1-4-13(16)14(11-6-5-7-12(15)8-11)19-10(3)17-9(2)18-19/h5-8,13-14H,4,16H2,1-3H3. The lowest BCUT2D eigenvalue weighted by Crippen LogP contribution is -2.33. The molecule has 1 aromatic carbocycles. The fraction of sp³-hybridized carbons (Fsp3) is 0.429. The van der Waals surface area contributed by atoms with Crippen LogP contribution in [-0.2, 0) is 0 Å². The molecular formula is C14H19FN4. The Morgan fingerprint density at radius 1 is 1.37 bits per heavy atom. The monoisotopic (exact) mass is 262 g/mol. The average molecular weight is 262 g/mol. The van der Waals surface area contributed by atoms with Crippen LogP contribution in [0.4, 0.5) is 4.39 Å². The van der Waals surface area contributed by atoms with Gasteiger partial charge in [0, 0.05) is 6.04 Å². The summed E-state index contributed by atoms with van der Waals surface area (Å²) in [4.78, 5) is 4.30. The second-order valence-electron chi connectivity index (χ2n) is 4.72. The summed E-state index contributed by atoms with van der Waals surface area (Å²) in [5.74, 6) is 1.22. The van der Waals surface area contributed by atoms with Gasteiger partial charge in [0.1, 0.15) is 17.5 Å². The lowest BCUT2D eigenvalue weighted by atomic mass is 9.98. The van der Waals surface area contributed by atoms with Gasteiger partial charge in [-0.05, 0) is 38.0 Å². The number of rotatable bonds is 4. The summed E-state index contributed by atoms with van der Waals surface area (Å²) in [6.45, 7) is 5.73. The molecule has 0 aliphatic carbocycles. The zero-order valence-electron chi connectivity index (χ0n) is 11.5. The van der Waals surface area contributed by atoms with Crippen LogP contribution in [-0.4, -0.2) is 20.8 Å². The van der Waals surface area contributed by atoms with Crippen molar-refractivity contribution < 1.29 is 4.39 Å². The molecule has 2 N–H and O–H groups in total. The molecule has 0 saturated heterocycles. The first-order valence-electron chi connectivity index (χ1n) is 6.43. The number of hydrogen-bond acceptors (Lipinski definition) is 3. The number of hydrogen-bond donors (Lipinski definition) is 1. The molecule has 102 valence electrons. The van der Waals surface area contributed by atoms with Crippen LogP contribution in [0.3, 0.4) is 0 Å². The molecule has 19 heavy (non-hydrogen) atoms. The van der Waals surface area contributed by atoms with Gasteiger partial charge in [0.15, 0.2) is 0 Å². The summed E-state index contributed by atoms with van der Waals surface area (Å²) in [5.41, 5.74) is 7.02. The van der Waals surface area contributed by atoms with Gasteiger partial charge in [-0.15, -0.1) is 0 Å². The van der Waals surface area contributed by atoms with E-state index in [2.05, 4.69) is 10.1 Å². The Morgan fingerprint density at radius 2 is 2.11 bits per heavy atom. The molecule has 0 fully saturated rings. The molecule has 1 heterocycles. The second kappa shape index (κ2) is 5.48. The number of benzene rings is 1. The first-order valence-corrected chi connectivity index (χ1v) is 6.43. The van der Waals surface area contributed by atoms with E-state index in [1.165, 1.54) is 12.1 Å². The first-order chi connectivity index (χ1) is 9.02. The van der Waals surface area contributed by atoms with Crippen molar-refractivity contribution >= 4 is 0 Å². The predicted octanol–water partition coefficient (Wildman–Crippen LogP) is 2.36. The fourth-order valence-corrected chi connectivity index (χ4v) is 2.28. The maximum absolute atomic E-state index is 13.4. The fourth-order valence-electron chi connectivity index (χ4n) is 2.28. The van der Waals surface area contributed by atoms with Gasteiger partial charge in [-0.3, -0.25) is 0 Å². The number of aromatic nitrogens is 3. The van der Waals surface area contributed by atoms with Gasteiger partial charge in [-0.1, -0.05) is 19.1 Å². The van der Waals surface area contributed by atoms with E-state index in [4.69, 9.17) is 5.73 Å². The van der Waals surface area contributed by atoms with Gasteiger partial charge in [-0.25, -0.2) is 14.1 Å². The lowest BCUT2D eigenvalue weighted by Gasteiger charge is -2.24. The maximum atomic E-state index is 13.4. The Bertz CT molecular complexity index is 564. The van der Waals surface area contributed by atoms with Crippen molar-refractivity contribution in [3.05, 3.63) is 47.3 Å². The minimum atomic E-state index is -0.264. The van der Waals surface area contributed by atoms with Crippen LogP contribution >= 0.6 is 0 Å². The second-order valence-corrected chi connectivity index (χ2v) is 4.72. The van der Waals surface area contributed by atoms with Crippen molar-refractivity contribution in [2.75, 3.05) is 0 Å². The molecule has 2 rings (SSSR count). The van der Waals surface area contributed by atoms with E-state index in [1.807, 2.05) is 26.8 Å². The van der Waals surface area contributed by atoms with E-state index in [9.17, 15) is 4.39 Å². The highest BCUT2D eigenvalue weighted by molar-refractivity contribution is 5.23. The third-order valence-electron chi connectivity index (χ3n) is 3.24. The van der Waals surface area contributed by atoms with Crippen molar-refractivity contribution in [2.45, 2.75) is 39.3 Å². The lowest BCUT2D eigenvalue weighted by molar-refractivity contribution is 0.412. The summed E-state index contributed by atoms with van der Waals surface area (Å²) in [5, 5.41) is 4.39. The van der Waals surface area contributed by atoms with Gasteiger partial charge in [0.05, 0.1) is 6.04 Å². The molecule has 0 radical (unpaired) electrons. The largest absolute Gasteiger partial charge is 0.326 e. The highest BCUT2D eigenvalue weighted by atomic mass is 19.1. The normalized spacial score (nSPS) is 14.4. The molecule has 0 spiro atoms. The number of halogens is 1. The SMILES string of the molecule is CCC(N)C(c1cccc(F)c1)n1nc(C)nc1C. The van der Waals surface area contributed by atoms with Crippen molar-refractivity contribution in [2.24, 2.45) is 5.73 Å². The van der Waals surface area contributed by atoms with E-state index in [1.54, 1.807) is 10.7 Å². The average Bonchev–Trinajstić information content (AvgIpc) is 2.69. The Kier molecular flexibility index (Phi) is 3.95. The number of nitrogens with two attached hydrogens (primary N) is 1. The summed E-state index contributed by atoms with van der Waals surface area (Å²) in [6.07, 6.45) is 0.777. The summed E-state index contributed by atoms with van der Waals surface area (Å²) in [6, 6.07) is 6.18. The van der Waals surface area contributed by atoms with Gasteiger partial charge in [-0.2, -0.15) is 5.10 Å². The van der Waals surface area contributed by atoms with E-state index < -0.39 is 0 Å². The third kappa shape index (κ3) is 2.81. The van der Waals surface area contributed by atoms with Crippen LogP contribution in [0.2, 0.25) is 0 Å². The minimum Gasteiger partial charge on any atom is -0.326 e. The molecule has 0 bridgehead atoms. The van der Waals surface area contributed by atoms with Crippen LogP contribution < -0.4 is 5.73 Å². The summed E-state index contributed by atoms with van der Waals surface area (Å²) < 4.78 is 15.2. The third-order valence-corrected chi connectivity index (χ3v) is 3.24. The number of aryl methyl sites for hydroxylation is 2. The minimum absolute atomic E-state index is 0.137. The zero-order valence-corrected chi connectivity index (χ0v) is 11.5. The van der Waals surface area contributed by atoms with Crippen LogP contribution in [0.25, 0.3) is 0 Å². The highest BCUT2D eigenvalue weighted by Crippen LogP contribution is 2.24. The van der Waals surface area contributed by atoms with Gasteiger partial charge >= 0.3 is 0 Å².